The lowest BCUT2D eigenvalue weighted by molar-refractivity contribution is -0.660. The van der Waals surface area contributed by atoms with E-state index in [1.165, 1.54) is 21.5 Å². The van der Waals surface area contributed by atoms with Crippen molar-refractivity contribution in [1.82, 2.24) is 20.0 Å². The molecule has 0 aliphatic rings. The third-order valence-electron chi connectivity index (χ3n) is 5.02. The lowest BCUT2D eigenvalue weighted by atomic mass is 10.2. The van der Waals surface area contributed by atoms with Crippen molar-refractivity contribution in [3.8, 4) is 22.2 Å². The normalized spacial score (nSPS) is 11.3. The Bertz CT molecular complexity index is 1690. The number of benzene rings is 2. The van der Waals surface area contributed by atoms with Gasteiger partial charge in [-0.3, -0.25) is 14.4 Å². The molecule has 2 aromatic carbocycles. The van der Waals surface area contributed by atoms with Gasteiger partial charge in [-0.15, -0.1) is 21.6 Å². The first-order valence-electron chi connectivity index (χ1n) is 10.1. The minimum absolute atomic E-state index is 0.00227. The third kappa shape index (κ3) is 4.00. The summed E-state index contributed by atoms with van der Waals surface area (Å²) in [7, 11) is 0. The van der Waals surface area contributed by atoms with E-state index in [2.05, 4.69) is 25.6 Å². The number of carboxylic acids is 1. The Labute approximate surface area is 199 Å². The van der Waals surface area contributed by atoms with Crippen LogP contribution in [0.25, 0.3) is 22.2 Å². The summed E-state index contributed by atoms with van der Waals surface area (Å²) in [6.45, 7) is 1.63. The van der Waals surface area contributed by atoms with Crippen LogP contribution in [-0.2, 0) is 0 Å². The topological polar surface area (TPSA) is 163 Å². The quantitative estimate of drug-likeness (QED) is 0.244. The highest BCUT2D eigenvalue weighted by atomic mass is 32.1. The summed E-state index contributed by atoms with van der Waals surface area (Å²) in [5.74, 6) is -1.15. The second-order valence-corrected chi connectivity index (χ2v) is 8.10. The van der Waals surface area contributed by atoms with Gasteiger partial charge in [0.25, 0.3) is 0 Å². The van der Waals surface area contributed by atoms with Crippen molar-refractivity contribution >= 4 is 28.7 Å². The maximum Gasteiger partial charge on any atom is 0.437 e. The van der Waals surface area contributed by atoms with Crippen LogP contribution in [0.1, 0.15) is 16.1 Å². The number of carbonyl (C=O) groups is 1. The van der Waals surface area contributed by atoms with Gasteiger partial charge in [-0.2, -0.15) is 4.68 Å². The van der Waals surface area contributed by atoms with Crippen molar-refractivity contribution in [3.05, 3.63) is 92.0 Å². The summed E-state index contributed by atoms with van der Waals surface area (Å²) < 4.78 is 7.61. The van der Waals surface area contributed by atoms with Crippen LogP contribution in [0.3, 0.4) is 0 Å². The molecule has 0 aliphatic heterocycles. The number of nitrogens with zero attached hydrogens (tertiary/aromatic N) is 5. The molecule has 3 N–H and O–H groups in total. The van der Waals surface area contributed by atoms with Gasteiger partial charge >= 0.3 is 22.8 Å². The van der Waals surface area contributed by atoms with E-state index in [0.29, 0.717) is 17.1 Å². The number of nitrogens with one attached hydrogen (secondary N) is 2. The largest absolute Gasteiger partial charge is 0.478 e. The zero-order valence-corrected chi connectivity index (χ0v) is 18.8. The van der Waals surface area contributed by atoms with Gasteiger partial charge < -0.3 is 5.11 Å². The molecule has 0 atom stereocenters. The zero-order chi connectivity index (χ0) is 24.5. The molecule has 35 heavy (non-hydrogen) atoms. The van der Waals surface area contributed by atoms with Crippen LogP contribution in [0.2, 0.25) is 0 Å². The molecule has 0 spiro atoms. The molecule has 3 heterocycles. The Morgan fingerprint density at radius 3 is 2.63 bits per heavy atom. The van der Waals surface area contributed by atoms with E-state index in [1.807, 2.05) is 18.2 Å². The molecule has 13 heteroatoms. The number of hydrogen-bond acceptors (Lipinski definition) is 8. The number of H-pyrrole nitrogens is 2. The summed E-state index contributed by atoms with van der Waals surface area (Å²) in [6.07, 6.45) is 0. The number of aryl methyl sites for hydroxylation is 1. The fourth-order valence-corrected chi connectivity index (χ4v) is 4.13. The van der Waals surface area contributed by atoms with Crippen molar-refractivity contribution < 1.29 is 19.1 Å². The van der Waals surface area contributed by atoms with Gasteiger partial charge in [0.15, 0.2) is 11.4 Å². The summed E-state index contributed by atoms with van der Waals surface area (Å²) in [4.78, 5) is 41.2. The second kappa shape index (κ2) is 8.79. The molecule has 0 fully saturated rings. The van der Waals surface area contributed by atoms with Gasteiger partial charge in [0.2, 0.25) is 10.8 Å². The van der Waals surface area contributed by atoms with Gasteiger partial charge in [-0.05, 0) is 29.0 Å². The summed E-state index contributed by atoms with van der Waals surface area (Å²) in [5, 5.41) is 24.6. The Morgan fingerprint density at radius 1 is 1.11 bits per heavy atom. The van der Waals surface area contributed by atoms with Gasteiger partial charge in [-0.25, -0.2) is 14.6 Å². The van der Waals surface area contributed by atoms with E-state index >= 15 is 0 Å². The van der Waals surface area contributed by atoms with E-state index in [1.54, 1.807) is 36.6 Å². The van der Waals surface area contributed by atoms with Crippen molar-refractivity contribution in [2.75, 3.05) is 0 Å². The number of rotatable bonds is 6. The number of carboxylic acid groups (broad SMARTS) is 1. The molecular formula is C22H16N7O5S+. The number of aromatic carboxylic acids is 1. The van der Waals surface area contributed by atoms with E-state index in [-0.39, 0.29) is 27.8 Å². The molecule has 0 saturated carbocycles. The molecule has 0 bridgehead atoms. The Hall–Kier alpha value is -4.91. The Balaban J connectivity index is 1.51. The van der Waals surface area contributed by atoms with E-state index in [9.17, 15) is 19.5 Å². The van der Waals surface area contributed by atoms with Crippen molar-refractivity contribution in [1.29, 1.82) is 0 Å². The predicted molar refractivity (Wildman–Crippen MR) is 124 cm³/mol. The first-order chi connectivity index (χ1) is 16.9. The van der Waals surface area contributed by atoms with Crippen molar-refractivity contribution in [2.24, 2.45) is 10.2 Å². The smallest absolute Gasteiger partial charge is 0.437 e. The van der Waals surface area contributed by atoms with Crippen LogP contribution in [0.15, 0.2) is 84.3 Å². The lowest BCUT2D eigenvalue weighted by Gasteiger charge is -1.97. The van der Waals surface area contributed by atoms with Crippen LogP contribution >= 0.6 is 11.3 Å². The number of azo groups is 1. The SMILES string of the molecule is Cc1[nH]n(-c2nc(-c3c(=O)o[nH][n+]3-c3ccccc3)cs2)c(=O)c1N=Nc1ccccc1C(=O)O. The molecule has 0 aliphatic carbocycles. The third-order valence-corrected chi connectivity index (χ3v) is 5.85. The molecule has 5 rings (SSSR count). The van der Waals surface area contributed by atoms with Gasteiger partial charge in [0.05, 0.1) is 11.3 Å². The zero-order valence-electron chi connectivity index (χ0n) is 18.0. The Morgan fingerprint density at radius 2 is 1.86 bits per heavy atom. The minimum atomic E-state index is -1.15. The molecule has 3 aromatic heterocycles. The highest BCUT2D eigenvalue weighted by Crippen LogP contribution is 2.24. The van der Waals surface area contributed by atoms with E-state index in [4.69, 9.17) is 4.52 Å². The standard InChI is InChI=1S/C22H15N7O5S/c1-12-17(25-24-15-10-6-5-9-14(15)20(31)32)19(30)29(26-12)22-23-16(11-35-22)18-21(33)34-27-28(18)13-7-3-2-4-8-13/h2-11H,1H3,(H2-,24,26,27,30,31,32,33)/p+1. The number of aromatic nitrogens is 5. The van der Waals surface area contributed by atoms with Crippen LogP contribution < -0.4 is 15.9 Å². The summed E-state index contributed by atoms with van der Waals surface area (Å²) >= 11 is 1.13. The molecule has 5 aromatic rings. The van der Waals surface area contributed by atoms with Crippen LogP contribution in [-0.4, -0.2) is 31.1 Å². The molecule has 0 radical (unpaired) electrons. The fraction of sp³-hybridized carbons (Fsp3) is 0.0455. The van der Waals surface area contributed by atoms with Crippen LogP contribution in [0, 0.1) is 6.92 Å². The highest BCUT2D eigenvalue weighted by Gasteiger charge is 2.28. The number of aromatic amines is 2. The van der Waals surface area contributed by atoms with Crippen molar-refractivity contribution in [2.45, 2.75) is 6.92 Å². The first kappa shape index (κ1) is 21.9. The number of para-hydroxylation sites is 1. The fourth-order valence-electron chi connectivity index (χ4n) is 3.36. The molecule has 0 saturated heterocycles. The van der Waals surface area contributed by atoms with Crippen LogP contribution in [0.5, 0.6) is 0 Å². The molecule has 0 unspecified atom stereocenters. The molecule has 174 valence electrons. The molecule has 0 amide bonds. The average molecular weight is 490 g/mol. The molecular weight excluding hydrogens is 474 g/mol. The maximum atomic E-state index is 13.0. The second-order valence-electron chi connectivity index (χ2n) is 7.26. The van der Waals surface area contributed by atoms with Crippen LogP contribution in [0.4, 0.5) is 11.4 Å². The highest BCUT2D eigenvalue weighted by molar-refractivity contribution is 7.12. The van der Waals surface area contributed by atoms with Crippen molar-refractivity contribution in [3.63, 3.8) is 0 Å². The summed E-state index contributed by atoms with van der Waals surface area (Å²) in [5.41, 5.74) is 0.483. The monoisotopic (exact) mass is 490 g/mol. The van der Waals surface area contributed by atoms with Gasteiger partial charge in [0.1, 0.15) is 5.69 Å². The van der Waals surface area contributed by atoms with E-state index in [0.717, 1.165) is 11.3 Å². The van der Waals surface area contributed by atoms with Gasteiger partial charge in [0, 0.05) is 17.5 Å². The Kier molecular flexibility index (Phi) is 5.51. The lowest BCUT2D eigenvalue weighted by Crippen LogP contribution is -2.36. The van der Waals surface area contributed by atoms with E-state index < -0.39 is 17.2 Å². The number of hydrogen-bond donors (Lipinski definition) is 3. The molecule has 12 nitrogen and oxygen atoms in total. The first-order valence-corrected chi connectivity index (χ1v) is 11.0. The van der Waals surface area contributed by atoms with Gasteiger partial charge in [-0.1, -0.05) is 30.3 Å². The maximum absolute atomic E-state index is 13.0. The minimum Gasteiger partial charge on any atom is -0.478 e. The summed E-state index contributed by atoms with van der Waals surface area (Å²) in [6, 6.07) is 15.1. The average Bonchev–Trinajstić information content (AvgIpc) is 3.56. The number of thiazole rings is 1. The predicted octanol–water partition coefficient (Wildman–Crippen LogP) is 3.27.